The Hall–Kier alpha value is -0.590. The molecule has 0 spiro atoms. The Morgan fingerprint density at radius 3 is 2.47 bits per heavy atom. The van der Waals surface area contributed by atoms with Crippen LogP contribution < -0.4 is 9.47 Å². The maximum absolute atomic E-state index is 12.7. The highest BCUT2D eigenvalue weighted by Gasteiger charge is 2.46. The van der Waals surface area contributed by atoms with Crippen LogP contribution in [-0.4, -0.2) is 6.29 Å². The molecule has 0 N–H and O–H groups in total. The summed E-state index contributed by atoms with van der Waals surface area (Å²) in [7, 11) is 0. The van der Waals surface area contributed by atoms with Gasteiger partial charge in [0.15, 0.2) is 11.5 Å². The molecule has 1 fully saturated rings. The summed E-state index contributed by atoms with van der Waals surface area (Å²) in [6, 6.07) is 5.02. The van der Waals surface area contributed by atoms with Gasteiger partial charge in [0, 0.05) is 3.42 Å². The molecule has 2 aliphatic rings. The summed E-state index contributed by atoms with van der Waals surface area (Å²) >= 11 is 2.34. The molecule has 1 aliphatic heterocycles. The number of ether oxygens (including phenoxy) is 2. The van der Waals surface area contributed by atoms with Crippen molar-refractivity contribution in [3.8, 4) is 11.5 Å². The number of benzene rings is 1. The lowest BCUT2D eigenvalue weighted by Gasteiger charge is -2.07. The van der Waals surface area contributed by atoms with Gasteiger partial charge in [-0.2, -0.15) is 0 Å². The monoisotopic (exact) mass is 324 g/mol. The second-order valence-electron chi connectivity index (χ2n) is 3.79. The fourth-order valence-electron chi connectivity index (χ4n) is 1.63. The van der Waals surface area contributed by atoms with Gasteiger partial charge >= 0.3 is 6.29 Å². The second kappa shape index (κ2) is 2.75. The van der Waals surface area contributed by atoms with Crippen LogP contribution in [0.3, 0.4) is 0 Å². The number of hydrogen-bond donors (Lipinski definition) is 0. The Balaban J connectivity index is 1.99. The van der Waals surface area contributed by atoms with E-state index in [0.29, 0.717) is 0 Å². The minimum absolute atomic E-state index is 0.115. The Labute approximate surface area is 98.7 Å². The van der Waals surface area contributed by atoms with E-state index in [-0.39, 0.29) is 14.9 Å². The Morgan fingerprint density at radius 1 is 1.13 bits per heavy atom. The van der Waals surface area contributed by atoms with Crippen molar-refractivity contribution in [3.05, 3.63) is 23.8 Å². The molecule has 1 aliphatic carbocycles. The van der Waals surface area contributed by atoms with Crippen LogP contribution in [-0.2, 0) is 3.42 Å². The SMILES string of the molecule is FC1(F)Oc2ccc(C3(I)CC3)cc2O1. The number of rotatable bonds is 1. The molecule has 0 atom stereocenters. The summed E-state index contributed by atoms with van der Waals surface area (Å²) < 4.78 is 34.3. The first kappa shape index (κ1) is 9.62. The summed E-state index contributed by atoms with van der Waals surface area (Å²) in [5.74, 6) is 0.254. The number of hydrogen-bond acceptors (Lipinski definition) is 2. The van der Waals surface area contributed by atoms with Gasteiger partial charge in [-0.15, -0.1) is 8.78 Å². The first-order chi connectivity index (χ1) is 6.99. The first-order valence-electron chi connectivity index (χ1n) is 4.58. The Morgan fingerprint density at radius 2 is 1.80 bits per heavy atom. The summed E-state index contributed by atoms with van der Waals surface area (Å²) in [4.78, 5) is 0. The van der Waals surface area contributed by atoms with E-state index in [1.54, 1.807) is 12.1 Å². The Kier molecular flexibility index (Phi) is 1.76. The Bertz CT molecular complexity index is 429. The first-order valence-corrected chi connectivity index (χ1v) is 5.66. The van der Waals surface area contributed by atoms with Crippen molar-refractivity contribution < 1.29 is 18.3 Å². The molecule has 0 unspecified atom stereocenters. The molecule has 0 amide bonds. The summed E-state index contributed by atoms with van der Waals surface area (Å²) in [5, 5.41) is 0. The minimum atomic E-state index is -3.51. The second-order valence-corrected chi connectivity index (χ2v) is 5.86. The zero-order valence-corrected chi connectivity index (χ0v) is 9.75. The lowest BCUT2D eigenvalue weighted by molar-refractivity contribution is -0.286. The van der Waals surface area contributed by atoms with E-state index >= 15 is 0 Å². The minimum Gasteiger partial charge on any atom is -0.395 e. The molecular formula is C10H7F2IO2. The van der Waals surface area contributed by atoms with Gasteiger partial charge in [0.25, 0.3) is 0 Å². The van der Waals surface area contributed by atoms with Crippen LogP contribution in [0.4, 0.5) is 8.78 Å². The van der Waals surface area contributed by atoms with Crippen LogP contribution in [0.5, 0.6) is 11.5 Å². The summed E-state index contributed by atoms with van der Waals surface area (Å²) in [6.45, 7) is 0. The average Bonchev–Trinajstić information content (AvgIpc) is 2.78. The molecule has 2 nitrogen and oxygen atoms in total. The molecule has 1 aromatic rings. The maximum atomic E-state index is 12.7. The van der Waals surface area contributed by atoms with E-state index in [1.165, 1.54) is 0 Å². The standard InChI is InChI=1S/C10H7F2IO2/c11-10(12)14-7-2-1-6(5-8(7)15-10)9(13)3-4-9/h1-2,5H,3-4H2. The quantitative estimate of drug-likeness (QED) is 0.582. The molecule has 1 heterocycles. The molecule has 3 rings (SSSR count). The lowest BCUT2D eigenvalue weighted by Crippen LogP contribution is -2.25. The predicted octanol–water partition coefficient (Wildman–Crippen LogP) is 3.43. The van der Waals surface area contributed by atoms with Crippen LogP contribution in [0.1, 0.15) is 18.4 Å². The fraction of sp³-hybridized carbons (Fsp3) is 0.400. The molecule has 5 heteroatoms. The van der Waals surface area contributed by atoms with Crippen LogP contribution >= 0.6 is 22.6 Å². The van der Waals surface area contributed by atoms with Gasteiger partial charge in [-0.1, -0.05) is 28.7 Å². The normalized spacial score (nSPS) is 23.9. The van der Waals surface area contributed by atoms with E-state index in [2.05, 4.69) is 32.1 Å². The van der Waals surface area contributed by atoms with Crippen LogP contribution in [0.25, 0.3) is 0 Å². The highest BCUT2D eigenvalue weighted by Crippen LogP contribution is 2.56. The van der Waals surface area contributed by atoms with E-state index in [4.69, 9.17) is 0 Å². The van der Waals surface area contributed by atoms with Crippen molar-refractivity contribution >= 4 is 22.6 Å². The van der Waals surface area contributed by atoms with Gasteiger partial charge in [-0.25, -0.2) is 0 Å². The van der Waals surface area contributed by atoms with Crippen molar-refractivity contribution in [1.29, 1.82) is 0 Å². The van der Waals surface area contributed by atoms with Crippen LogP contribution in [0.15, 0.2) is 18.2 Å². The van der Waals surface area contributed by atoms with Gasteiger partial charge in [0.05, 0.1) is 0 Å². The molecule has 0 saturated heterocycles. The smallest absolute Gasteiger partial charge is 0.395 e. The molecule has 15 heavy (non-hydrogen) atoms. The number of fused-ring (bicyclic) bond motifs is 1. The van der Waals surface area contributed by atoms with Gasteiger partial charge in [-0.05, 0) is 30.5 Å². The summed E-state index contributed by atoms with van der Waals surface area (Å²) in [5.41, 5.74) is 1.03. The molecular weight excluding hydrogens is 317 g/mol. The number of halogens is 3. The zero-order chi connectivity index (χ0) is 10.7. The topological polar surface area (TPSA) is 18.5 Å². The maximum Gasteiger partial charge on any atom is 0.586 e. The highest BCUT2D eigenvalue weighted by atomic mass is 127. The number of alkyl halides is 3. The molecule has 0 radical (unpaired) electrons. The van der Waals surface area contributed by atoms with Crippen molar-refractivity contribution in [1.82, 2.24) is 0 Å². The van der Waals surface area contributed by atoms with Gasteiger partial charge < -0.3 is 9.47 Å². The zero-order valence-electron chi connectivity index (χ0n) is 7.60. The van der Waals surface area contributed by atoms with E-state index in [0.717, 1.165) is 18.4 Å². The van der Waals surface area contributed by atoms with Gasteiger partial charge in [-0.3, -0.25) is 0 Å². The molecule has 80 valence electrons. The van der Waals surface area contributed by atoms with Crippen molar-refractivity contribution in [2.45, 2.75) is 22.6 Å². The third kappa shape index (κ3) is 1.56. The highest BCUT2D eigenvalue weighted by molar-refractivity contribution is 14.1. The van der Waals surface area contributed by atoms with Crippen molar-refractivity contribution in [2.75, 3.05) is 0 Å². The average molecular weight is 324 g/mol. The molecule has 0 bridgehead atoms. The third-order valence-corrected chi connectivity index (χ3v) is 4.31. The summed E-state index contributed by atoms with van der Waals surface area (Å²) in [6.07, 6.45) is -1.34. The molecule has 0 aromatic heterocycles. The third-order valence-electron chi connectivity index (χ3n) is 2.61. The van der Waals surface area contributed by atoms with Crippen molar-refractivity contribution in [3.63, 3.8) is 0 Å². The lowest BCUT2D eigenvalue weighted by atomic mass is 10.1. The van der Waals surface area contributed by atoms with Gasteiger partial charge in [0.2, 0.25) is 0 Å². The van der Waals surface area contributed by atoms with Crippen LogP contribution in [0.2, 0.25) is 0 Å². The molecule has 1 saturated carbocycles. The van der Waals surface area contributed by atoms with E-state index in [1.807, 2.05) is 6.07 Å². The van der Waals surface area contributed by atoms with Crippen LogP contribution in [0, 0.1) is 0 Å². The van der Waals surface area contributed by atoms with E-state index < -0.39 is 6.29 Å². The predicted molar refractivity (Wildman–Crippen MR) is 57.6 cm³/mol. The van der Waals surface area contributed by atoms with Gasteiger partial charge in [0.1, 0.15) is 0 Å². The largest absolute Gasteiger partial charge is 0.586 e. The van der Waals surface area contributed by atoms with Crippen molar-refractivity contribution in [2.24, 2.45) is 0 Å². The fourth-order valence-corrected chi connectivity index (χ4v) is 2.23. The molecule has 1 aromatic carbocycles. The van der Waals surface area contributed by atoms with E-state index in [9.17, 15) is 8.78 Å².